The highest BCUT2D eigenvalue weighted by molar-refractivity contribution is 5.85. The fourth-order valence-electron chi connectivity index (χ4n) is 5.60. The van der Waals surface area contributed by atoms with Gasteiger partial charge in [-0.2, -0.15) is 0 Å². The van der Waals surface area contributed by atoms with E-state index in [2.05, 4.69) is 65.0 Å². The zero-order valence-electron chi connectivity index (χ0n) is 16.6. The number of para-hydroxylation sites is 1. The number of hydrogen-bond acceptors (Lipinski definition) is 2. The number of aromatic amines is 1. The van der Waals surface area contributed by atoms with E-state index in [1.54, 1.807) is 7.11 Å². The minimum absolute atomic E-state index is 0.167. The van der Waals surface area contributed by atoms with Gasteiger partial charge >= 0.3 is 0 Å². The largest absolute Gasteiger partial charge is 0.497 e. The molecule has 1 saturated heterocycles. The molecule has 1 aliphatic heterocycles. The van der Waals surface area contributed by atoms with E-state index in [-0.39, 0.29) is 5.41 Å². The molecule has 28 heavy (non-hydrogen) atoms. The number of likely N-dealkylation sites (tertiary alicyclic amines) is 1. The van der Waals surface area contributed by atoms with Crippen molar-refractivity contribution < 1.29 is 4.74 Å². The first-order valence-electron chi connectivity index (χ1n) is 10.3. The van der Waals surface area contributed by atoms with Crippen molar-refractivity contribution in [2.75, 3.05) is 26.7 Å². The van der Waals surface area contributed by atoms with Crippen LogP contribution < -0.4 is 4.74 Å². The Hall–Kier alpha value is -2.52. The monoisotopic (exact) mass is 372 g/mol. The fraction of sp³-hybridized carbons (Fsp3) is 0.360. The lowest BCUT2D eigenvalue weighted by Gasteiger charge is -2.51. The highest BCUT2D eigenvalue weighted by Crippen LogP contribution is 2.49. The van der Waals surface area contributed by atoms with E-state index < -0.39 is 0 Å². The number of methoxy groups -OCH3 is 1. The molecule has 0 spiro atoms. The Morgan fingerprint density at radius 2 is 2.14 bits per heavy atom. The summed E-state index contributed by atoms with van der Waals surface area (Å²) < 4.78 is 5.57. The lowest BCUT2D eigenvalue weighted by molar-refractivity contribution is 0.0896. The van der Waals surface area contributed by atoms with Crippen LogP contribution in [0.4, 0.5) is 0 Å². The molecule has 2 unspecified atom stereocenters. The summed E-state index contributed by atoms with van der Waals surface area (Å²) in [5.74, 6) is 1.56. The van der Waals surface area contributed by atoms with Crippen molar-refractivity contribution in [3.05, 3.63) is 78.0 Å². The summed E-state index contributed by atoms with van der Waals surface area (Å²) in [6.07, 6.45) is 5.42. The molecule has 3 heteroatoms. The second-order valence-corrected chi connectivity index (χ2v) is 8.39. The Morgan fingerprint density at radius 1 is 1.25 bits per heavy atom. The summed E-state index contributed by atoms with van der Waals surface area (Å²) in [6, 6.07) is 17.5. The van der Waals surface area contributed by atoms with Gasteiger partial charge in [-0.05, 0) is 61.1 Å². The van der Waals surface area contributed by atoms with Crippen molar-refractivity contribution >= 4 is 10.9 Å². The molecular formula is C25H28N2O. The van der Waals surface area contributed by atoms with E-state index in [1.807, 2.05) is 6.08 Å². The molecule has 1 N–H and O–H groups in total. The third-order valence-corrected chi connectivity index (χ3v) is 7.01. The fourth-order valence-corrected chi connectivity index (χ4v) is 5.60. The van der Waals surface area contributed by atoms with E-state index >= 15 is 0 Å². The number of rotatable bonds is 4. The molecule has 0 radical (unpaired) electrons. The number of ether oxygens (including phenoxy) is 1. The minimum Gasteiger partial charge on any atom is -0.497 e. The van der Waals surface area contributed by atoms with E-state index in [9.17, 15) is 0 Å². The number of aromatic nitrogens is 1. The van der Waals surface area contributed by atoms with Gasteiger partial charge in [0, 0.05) is 35.1 Å². The molecule has 144 valence electrons. The number of nitrogens with zero attached hydrogens (tertiary/aromatic N) is 1. The van der Waals surface area contributed by atoms with Gasteiger partial charge in [0.1, 0.15) is 5.75 Å². The number of H-pyrrole nitrogens is 1. The Balaban J connectivity index is 1.63. The first-order chi connectivity index (χ1) is 13.7. The van der Waals surface area contributed by atoms with Crippen molar-refractivity contribution in [1.82, 2.24) is 9.88 Å². The van der Waals surface area contributed by atoms with Crippen LogP contribution in [0.2, 0.25) is 0 Å². The van der Waals surface area contributed by atoms with E-state index in [0.29, 0.717) is 5.92 Å². The van der Waals surface area contributed by atoms with Crippen LogP contribution in [0.25, 0.3) is 10.9 Å². The van der Waals surface area contributed by atoms with Crippen LogP contribution in [0.1, 0.15) is 23.2 Å². The Kier molecular flexibility index (Phi) is 4.28. The predicted octanol–water partition coefficient (Wildman–Crippen LogP) is 4.72. The molecule has 1 fully saturated rings. The molecule has 2 atom stereocenters. The normalized spacial score (nSPS) is 24.5. The second kappa shape index (κ2) is 6.82. The Labute approximate surface area is 167 Å². The van der Waals surface area contributed by atoms with Crippen LogP contribution in [0.3, 0.4) is 0 Å². The third-order valence-electron chi connectivity index (χ3n) is 7.01. The first-order valence-corrected chi connectivity index (χ1v) is 10.3. The lowest BCUT2D eigenvalue weighted by atomic mass is 9.58. The van der Waals surface area contributed by atoms with Crippen LogP contribution in [-0.2, 0) is 18.3 Å². The maximum Gasteiger partial charge on any atom is 0.119 e. The number of piperidine rings is 1. The molecule has 0 bridgehead atoms. The Morgan fingerprint density at radius 3 is 3.00 bits per heavy atom. The van der Waals surface area contributed by atoms with Crippen molar-refractivity contribution in [2.45, 2.75) is 24.7 Å². The maximum atomic E-state index is 5.57. The van der Waals surface area contributed by atoms with Crippen LogP contribution in [0, 0.1) is 5.92 Å². The molecule has 3 aromatic rings. The molecule has 1 aliphatic carbocycles. The van der Waals surface area contributed by atoms with E-state index in [4.69, 9.17) is 4.74 Å². The third kappa shape index (κ3) is 2.68. The summed E-state index contributed by atoms with van der Waals surface area (Å²) in [5.41, 5.74) is 5.83. The van der Waals surface area contributed by atoms with Crippen molar-refractivity contribution in [3.8, 4) is 5.75 Å². The summed E-state index contributed by atoms with van der Waals surface area (Å²) in [4.78, 5) is 6.31. The van der Waals surface area contributed by atoms with Gasteiger partial charge in [-0.15, -0.1) is 6.58 Å². The molecule has 2 aliphatic rings. The average Bonchev–Trinajstić information content (AvgIpc) is 3.09. The number of hydrogen-bond donors (Lipinski definition) is 1. The van der Waals surface area contributed by atoms with Gasteiger partial charge in [0.25, 0.3) is 0 Å². The van der Waals surface area contributed by atoms with Gasteiger partial charge in [-0.3, -0.25) is 4.90 Å². The van der Waals surface area contributed by atoms with Gasteiger partial charge < -0.3 is 9.72 Å². The van der Waals surface area contributed by atoms with Crippen LogP contribution in [0.15, 0.2) is 61.2 Å². The highest BCUT2D eigenvalue weighted by Gasteiger charge is 2.47. The molecule has 2 aromatic carbocycles. The van der Waals surface area contributed by atoms with Crippen LogP contribution in [-0.4, -0.2) is 36.6 Å². The summed E-state index contributed by atoms with van der Waals surface area (Å²) in [6.45, 7) is 7.19. The van der Waals surface area contributed by atoms with Gasteiger partial charge in [0.2, 0.25) is 0 Å². The zero-order valence-corrected chi connectivity index (χ0v) is 16.6. The maximum absolute atomic E-state index is 5.57. The minimum atomic E-state index is 0.167. The van der Waals surface area contributed by atoms with Gasteiger partial charge in [0.05, 0.1) is 7.11 Å². The molecule has 0 saturated carbocycles. The summed E-state index contributed by atoms with van der Waals surface area (Å²) in [7, 11) is 1.76. The molecule has 2 heterocycles. The van der Waals surface area contributed by atoms with Gasteiger partial charge in [-0.25, -0.2) is 0 Å². The van der Waals surface area contributed by atoms with E-state index in [0.717, 1.165) is 38.2 Å². The summed E-state index contributed by atoms with van der Waals surface area (Å²) in [5, 5.41) is 1.40. The van der Waals surface area contributed by atoms with Crippen molar-refractivity contribution in [2.24, 2.45) is 5.92 Å². The number of nitrogens with one attached hydrogen (secondary N) is 1. The number of fused-ring (bicyclic) bond motifs is 4. The number of benzene rings is 2. The first kappa shape index (κ1) is 17.6. The van der Waals surface area contributed by atoms with Gasteiger partial charge in [0.15, 0.2) is 0 Å². The SMILES string of the molecule is C=CCN1CCC2(c3cccc(OC)c3)Cc3[nH]c4ccccc4c3CC2C1. The quantitative estimate of drug-likeness (QED) is 0.671. The van der Waals surface area contributed by atoms with Crippen molar-refractivity contribution in [1.29, 1.82) is 0 Å². The molecule has 0 amide bonds. The Bertz CT molecular complexity index is 1020. The smallest absolute Gasteiger partial charge is 0.119 e. The van der Waals surface area contributed by atoms with Crippen LogP contribution in [0.5, 0.6) is 5.75 Å². The molecule has 1 aromatic heterocycles. The molecule has 5 rings (SSSR count). The van der Waals surface area contributed by atoms with Gasteiger partial charge in [-0.1, -0.05) is 36.4 Å². The second-order valence-electron chi connectivity index (χ2n) is 8.39. The topological polar surface area (TPSA) is 28.3 Å². The lowest BCUT2D eigenvalue weighted by Crippen LogP contribution is -2.53. The zero-order chi connectivity index (χ0) is 19.1. The predicted molar refractivity (Wildman–Crippen MR) is 115 cm³/mol. The summed E-state index contributed by atoms with van der Waals surface area (Å²) >= 11 is 0. The van der Waals surface area contributed by atoms with E-state index in [1.165, 1.54) is 34.1 Å². The molecular weight excluding hydrogens is 344 g/mol. The molecule has 3 nitrogen and oxygen atoms in total. The van der Waals surface area contributed by atoms with Crippen molar-refractivity contribution in [3.63, 3.8) is 0 Å². The highest BCUT2D eigenvalue weighted by atomic mass is 16.5. The standard InChI is InChI=1S/C25H28N2O/c1-3-12-27-13-11-25(18-7-6-8-20(14-18)28-2)16-24-22(15-19(25)17-27)21-9-4-5-10-23(21)26-24/h3-10,14,19,26H,1,11-13,15-17H2,2H3. The average molecular weight is 373 g/mol. The van der Waals surface area contributed by atoms with Crippen LogP contribution >= 0.6 is 0 Å².